The van der Waals surface area contributed by atoms with Gasteiger partial charge in [0.2, 0.25) is 5.91 Å². The Bertz CT molecular complexity index is 1030. The standard InChI is InChI=1S/C23H20F2N2O2/c1-23-12-6-9-17(23)21(28)27(22(29)26(23)2)20-18(24)13-16(14-19(20)25)11-10-15-7-4-3-5-8-15/h3-5,7-8,13-14,17H,6,9,12H2,1-2H3. The minimum Gasteiger partial charge on any atom is -0.321 e. The summed E-state index contributed by atoms with van der Waals surface area (Å²) in [6.45, 7) is 1.85. The molecule has 6 heteroatoms. The molecule has 1 aliphatic heterocycles. The third-order valence-electron chi connectivity index (χ3n) is 6.05. The van der Waals surface area contributed by atoms with E-state index < -0.39 is 40.7 Å². The second-order valence-electron chi connectivity index (χ2n) is 7.72. The molecule has 0 aromatic heterocycles. The predicted molar refractivity (Wildman–Crippen MR) is 105 cm³/mol. The summed E-state index contributed by atoms with van der Waals surface area (Å²) >= 11 is 0. The molecule has 0 N–H and O–H groups in total. The van der Waals surface area contributed by atoms with Crippen molar-refractivity contribution in [2.24, 2.45) is 5.92 Å². The number of fused-ring (bicyclic) bond motifs is 1. The van der Waals surface area contributed by atoms with E-state index >= 15 is 0 Å². The lowest BCUT2D eigenvalue weighted by atomic mass is 9.84. The first kappa shape index (κ1) is 19.1. The lowest BCUT2D eigenvalue weighted by molar-refractivity contribution is -0.126. The Balaban J connectivity index is 1.71. The second-order valence-corrected chi connectivity index (χ2v) is 7.72. The quantitative estimate of drug-likeness (QED) is 0.676. The van der Waals surface area contributed by atoms with E-state index in [4.69, 9.17) is 0 Å². The SMILES string of the molecule is CN1C(=O)N(c2c(F)cc(C#Cc3ccccc3)cc2F)C(=O)C2CCCC21C. The number of carbonyl (C=O) groups excluding carboxylic acids is 2. The van der Waals surface area contributed by atoms with Gasteiger partial charge in [-0.2, -0.15) is 0 Å². The van der Waals surface area contributed by atoms with Crippen LogP contribution < -0.4 is 4.90 Å². The molecule has 0 bridgehead atoms. The monoisotopic (exact) mass is 394 g/mol. The first-order chi connectivity index (χ1) is 13.8. The van der Waals surface area contributed by atoms with Crippen LogP contribution in [0.5, 0.6) is 0 Å². The molecule has 2 unspecified atom stereocenters. The summed E-state index contributed by atoms with van der Waals surface area (Å²) < 4.78 is 29.7. The normalized spacial score (nSPS) is 23.7. The summed E-state index contributed by atoms with van der Waals surface area (Å²) in [7, 11) is 1.58. The van der Waals surface area contributed by atoms with Crippen LogP contribution in [0, 0.1) is 29.4 Å². The van der Waals surface area contributed by atoms with Crippen LogP contribution in [0.3, 0.4) is 0 Å². The number of rotatable bonds is 1. The van der Waals surface area contributed by atoms with Crippen LogP contribution in [0.15, 0.2) is 42.5 Å². The van der Waals surface area contributed by atoms with E-state index in [-0.39, 0.29) is 5.56 Å². The number of carbonyl (C=O) groups is 2. The fourth-order valence-corrected chi connectivity index (χ4v) is 4.28. The van der Waals surface area contributed by atoms with Crippen LogP contribution in [0.1, 0.15) is 37.3 Å². The third-order valence-corrected chi connectivity index (χ3v) is 6.05. The molecule has 2 aromatic rings. The molecule has 3 amide bonds. The number of nitrogens with zero attached hydrogens (tertiary/aromatic N) is 2. The zero-order valence-electron chi connectivity index (χ0n) is 16.2. The van der Waals surface area contributed by atoms with Gasteiger partial charge < -0.3 is 4.90 Å². The van der Waals surface area contributed by atoms with E-state index in [1.807, 2.05) is 25.1 Å². The average molecular weight is 394 g/mol. The van der Waals surface area contributed by atoms with Gasteiger partial charge in [-0.25, -0.2) is 18.5 Å². The molecule has 29 heavy (non-hydrogen) atoms. The van der Waals surface area contributed by atoms with Crippen LogP contribution >= 0.6 is 0 Å². The van der Waals surface area contributed by atoms with Gasteiger partial charge >= 0.3 is 6.03 Å². The molecule has 2 atom stereocenters. The molecule has 1 aliphatic carbocycles. The largest absolute Gasteiger partial charge is 0.331 e. The smallest absolute Gasteiger partial charge is 0.321 e. The maximum atomic E-state index is 14.9. The summed E-state index contributed by atoms with van der Waals surface area (Å²) in [5.41, 5.74) is -0.408. The molecule has 4 nitrogen and oxygen atoms in total. The van der Waals surface area contributed by atoms with Gasteiger partial charge in [-0.3, -0.25) is 4.79 Å². The molecule has 2 aromatic carbocycles. The van der Waals surface area contributed by atoms with Gasteiger partial charge in [-0.1, -0.05) is 36.5 Å². The molecule has 148 valence electrons. The Morgan fingerprint density at radius 3 is 2.31 bits per heavy atom. The van der Waals surface area contributed by atoms with Crippen molar-refractivity contribution >= 4 is 17.6 Å². The highest BCUT2D eigenvalue weighted by atomic mass is 19.1. The van der Waals surface area contributed by atoms with Crippen molar-refractivity contribution in [2.75, 3.05) is 11.9 Å². The van der Waals surface area contributed by atoms with Gasteiger partial charge in [-0.15, -0.1) is 0 Å². The van der Waals surface area contributed by atoms with E-state index in [0.29, 0.717) is 23.3 Å². The van der Waals surface area contributed by atoms with Crippen LogP contribution in [0.25, 0.3) is 0 Å². The summed E-state index contributed by atoms with van der Waals surface area (Å²) in [6, 6.07) is 10.4. The fraction of sp³-hybridized carbons (Fsp3) is 0.304. The molecule has 0 spiro atoms. The first-order valence-electron chi connectivity index (χ1n) is 9.51. The van der Waals surface area contributed by atoms with Gasteiger partial charge in [0.15, 0.2) is 11.6 Å². The van der Waals surface area contributed by atoms with Crippen molar-refractivity contribution in [3.8, 4) is 11.8 Å². The van der Waals surface area contributed by atoms with Gasteiger partial charge in [-0.05, 0) is 44.0 Å². The van der Waals surface area contributed by atoms with Crippen LogP contribution in [-0.2, 0) is 4.79 Å². The molecule has 4 rings (SSSR count). The fourth-order valence-electron chi connectivity index (χ4n) is 4.28. The molecule has 1 saturated carbocycles. The predicted octanol–water partition coefficient (Wildman–Crippen LogP) is 4.32. The average Bonchev–Trinajstić information content (AvgIpc) is 3.11. The van der Waals surface area contributed by atoms with Crippen molar-refractivity contribution < 1.29 is 18.4 Å². The summed E-state index contributed by atoms with van der Waals surface area (Å²) in [5.74, 6) is 2.56. The van der Waals surface area contributed by atoms with Crippen LogP contribution in [0.2, 0.25) is 0 Å². The van der Waals surface area contributed by atoms with Gasteiger partial charge in [0, 0.05) is 18.2 Å². The van der Waals surface area contributed by atoms with E-state index in [2.05, 4.69) is 11.8 Å². The Labute approximate surface area is 168 Å². The number of halogens is 2. The Morgan fingerprint density at radius 1 is 1.03 bits per heavy atom. The maximum Gasteiger partial charge on any atom is 0.331 e. The Hall–Kier alpha value is -3.20. The Kier molecular flexibility index (Phi) is 4.62. The first-order valence-corrected chi connectivity index (χ1v) is 9.51. The van der Waals surface area contributed by atoms with Gasteiger partial charge in [0.25, 0.3) is 0 Å². The van der Waals surface area contributed by atoms with Crippen LogP contribution in [0.4, 0.5) is 19.3 Å². The minimum atomic E-state index is -0.987. The summed E-state index contributed by atoms with van der Waals surface area (Å²) in [4.78, 5) is 27.9. The van der Waals surface area contributed by atoms with Crippen molar-refractivity contribution in [1.82, 2.24) is 4.90 Å². The van der Waals surface area contributed by atoms with Gasteiger partial charge in [0.1, 0.15) is 5.69 Å². The number of imide groups is 1. The molecule has 2 fully saturated rings. The zero-order chi connectivity index (χ0) is 20.8. The van der Waals surface area contributed by atoms with Crippen molar-refractivity contribution in [2.45, 2.75) is 31.7 Å². The highest BCUT2D eigenvalue weighted by molar-refractivity contribution is 6.17. The molecule has 0 radical (unpaired) electrons. The zero-order valence-corrected chi connectivity index (χ0v) is 16.2. The number of anilines is 1. The van der Waals surface area contributed by atoms with Crippen molar-refractivity contribution in [3.63, 3.8) is 0 Å². The molecular weight excluding hydrogens is 374 g/mol. The van der Waals surface area contributed by atoms with E-state index in [1.165, 1.54) is 4.90 Å². The molecular formula is C23H20F2N2O2. The molecule has 1 heterocycles. The molecule has 1 saturated heterocycles. The second kappa shape index (κ2) is 7.00. The van der Waals surface area contributed by atoms with E-state index in [0.717, 1.165) is 18.6 Å². The Morgan fingerprint density at radius 2 is 1.66 bits per heavy atom. The van der Waals surface area contributed by atoms with E-state index in [9.17, 15) is 18.4 Å². The van der Waals surface area contributed by atoms with E-state index in [1.54, 1.807) is 19.2 Å². The number of amides is 3. The number of hydrogen-bond donors (Lipinski definition) is 0. The van der Waals surface area contributed by atoms with Crippen molar-refractivity contribution in [3.05, 3.63) is 65.2 Å². The highest BCUT2D eigenvalue weighted by Gasteiger charge is 2.55. The number of benzene rings is 2. The summed E-state index contributed by atoms with van der Waals surface area (Å²) in [6.07, 6.45) is 2.07. The summed E-state index contributed by atoms with van der Waals surface area (Å²) in [5, 5.41) is 0. The lowest BCUT2D eigenvalue weighted by Crippen LogP contribution is -2.65. The third kappa shape index (κ3) is 3.07. The van der Waals surface area contributed by atoms with Crippen molar-refractivity contribution in [1.29, 1.82) is 0 Å². The van der Waals surface area contributed by atoms with Crippen LogP contribution in [-0.4, -0.2) is 29.4 Å². The molecule has 2 aliphatic rings. The highest BCUT2D eigenvalue weighted by Crippen LogP contribution is 2.45. The lowest BCUT2D eigenvalue weighted by Gasteiger charge is -2.47. The maximum absolute atomic E-state index is 14.9. The number of hydrogen-bond acceptors (Lipinski definition) is 2. The minimum absolute atomic E-state index is 0.128. The topological polar surface area (TPSA) is 40.6 Å². The number of urea groups is 1. The van der Waals surface area contributed by atoms with Gasteiger partial charge in [0.05, 0.1) is 11.5 Å².